The lowest BCUT2D eigenvalue weighted by molar-refractivity contribution is -0.142. The quantitative estimate of drug-likeness (QED) is 0.572. The van der Waals surface area contributed by atoms with Crippen LogP contribution in [0.25, 0.3) is 0 Å². The first-order valence-corrected chi connectivity index (χ1v) is 7.47. The fraction of sp³-hybridized carbons (Fsp3) is 0.222. The van der Waals surface area contributed by atoms with Gasteiger partial charge in [0.2, 0.25) is 0 Å². The highest BCUT2D eigenvalue weighted by atomic mass is 16.5. The fourth-order valence-corrected chi connectivity index (χ4v) is 1.96. The molecule has 0 saturated carbocycles. The van der Waals surface area contributed by atoms with Crippen molar-refractivity contribution in [2.75, 3.05) is 18.1 Å². The van der Waals surface area contributed by atoms with Gasteiger partial charge in [-0.25, -0.2) is 0 Å². The number of benzene rings is 2. The number of nitrogen functional groups attached to an aromatic ring is 2. The van der Waals surface area contributed by atoms with Crippen LogP contribution in [0.5, 0.6) is 0 Å². The summed E-state index contributed by atoms with van der Waals surface area (Å²) in [5.41, 5.74) is 13.9. The summed E-state index contributed by atoms with van der Waals surface area (Å²) in [6.45, 7) is 2.21. The van der Waals surface area contributed by atoms with Crippen LogP contribution >= 0.6 is 0 Å². The molecule has 0 saturated heterocycles. The molecule has 6 nitrogen and oxygen atoms in total. The lowest BCUT2D eigenvalue weighted by Crippen LogP contribution is -2.07. The topological polar surface area (TPSA) is 116 Å². The average Bonchev–Trinajstić information content (AvgIpc) is 2.47. The molecule has 0 bridgehead atoms. The van der Waals surface area contributed by atoms with Crippen molar-refractivity contribution in [2.24, 2.45) is 0 Å². The lowest BCUT2D eigenvalue weighted by Gasteiger charge is -2.02. The summed E-state index contributed by atoms with van der Waals surface area (Å²) in [7, 11) is 0. The van der Waals surface area contributed by atoms with Gasteiger partial charge < -0.3 is 21.3 Å². The zero-order chi connectivity index (χ0) is 17.9. The van der Waals surface area contributed by atoms with E-state index < -0.39 is 5.97 Å². The van der Waals surface area contributed by atoms with Gasteiger partial charge in [0.25, 0.3) is 0 Å². The van der Waals surface area contributed by atoms with Gasteiger partial charge in [0.1, 0.15) is 0 Å². The van der Waals surface area contributed by atoms with Crippen LogP contribution in [0.2, 0.25) is 0 Å². The number of aliphatic carboxylic acids is 1. The number of ether oxygens (including phenoxy) is 1. The smallest absolute Gasteiger partial charge is 0.310 e. The molecule has 0 spiro atoms. The maximum Gasteiger partial charge on any atom is 0.310 e. The summed E-state index contributed by atoms with van der Waals surface area (Å²) >= 11 is 0. The molecule has 0 unspecified atom stereocenters. The number of hydrogen-bond acceptors (Lipinski definition) is 5. The lowest BCUT2D eigenvalue weighted by atomic mass is 10.1. The van der Waals surface area contributed by atoms with Crippen LogP contribution in [0.15, 0.2) is 48.5 Å². The second-order valence-corrected chi connectivity index (χ2v) is 5.04. The first-order chi connectivity index (χ1) is 11.4. The van der Waals surface area contributed by atoms with Gasteiger partial charge in [-0.1, -0.05) is 24.3 Å². The molecule has 2 rings (SSSR count). The van der Waals surface area contributed by atoms with E-state index in [2.05, 4.69) is 0 Å². The third-order valence-corrected chi connectivity index (χ3v) is 2.91. The molecule has 0 aliphatic carbocycles. The highest BCUT2D eigenvalue weighted by molar-refractivity contribution is 5.73. The van der Waals surface area contributed by atoms with Crippen molar-refractivity contribution in [1.82, 2.24) is 0 Å². The molecular formula is C18H22N2O4. The number of carbonyl (C=O) groups is 2. The van der Waals surface area contributed by atoms with Gasteiger partial charge in [0, 0.05) is 11.4 Å². The number of carboxylic acid groups (broad SMARTS) is 1. The van der Waals surface area contributed by atoms with Crippen LogP contribution in [0.3, 0.4) is 0 Å². The molecule has 128 valence electrons. The van der Waals surface area contributed by atoms with Gasteiger partial charge in [0.05, 0.1) is 19.4 Å². The molecule has 2 aromatic carbocycles. The van der Waals surface area contributed by atoms with E-state index in [1.54, 1.807) is 43.3 Å². The Hall–Kier alpha value is -3.02. The summed E-state index contributed by atoms with van der Waals surface area (Å²) in [6.07, 6.45) is 0.323. The number of hydrogen-bond donors (Lipinski definition) is 3. The monoisotopic (exact) mass is 330 g/mol. The molecule has 0 heterocycles. The Morgan fingerprint density at radius 1 is 0.958 bits per heavy atom. The van der Waals surface area contributed by atoms with E-state index in [9.17, 15) is 9.59 Å². The van der Waals surface area contributed by atoms with Gasteiger partial charge in [-0.3, -0.25) is 9.59 Å². The van der Waals surface area contributed by atoms with Gasteiger partial charge in [0.15, 0.2) is 0 Å². The SMILES string of the molecule is CCOC(=O)Cc1cccc(N)c1.Nc1cccc(CC(=O)O)c1. The van der Waals surface area contributed by atoms with Crippen molar-refractivity contribution in [1.29, 1.82) is 0 Å². The van der Waals surface area contributed by atoms with E-state index in [4.69, 9.17) is 21.3 Å². The van der Waals surface area contributed by atoms with E-state index in [0.29, 0.717) is 24.4 Å². The van der Waals surface area contributed by atoms with Crippen molar-refractivity contribution < 1.29 is 19.4 Å². The minimum absolute atomic E-state index is 0.0328. The molecule has 24 heavy (non-hydrogen) atoms. The molecule has 0 aromatic heterocycles. The van der Waals surface area contributed by atoms with Crippen LogP contribution in [-0.2, 0) is 27.2 Å². The van der Waals surface area contributed by atoms with Gasteiger partial charge in [-0.05, 0) is 42.3 Å². The third-order valence-electron chi connectivity index (χ3n) is 2.91. The summed E-state index contributed by atoms with van der Waals surface area (Å²) < 4.78 is 4.81. The van der Waals surface area contributed by atoms with E-state index in [1.807, 2.05) is 12.1 Å². The predicted octanol–water partition coefficient (Wildman–Crippen LogP) is 2.27. The summed E-state index contributed by atoms with van der Waals surface area (Å²) in [5.74, 6) is -1.05. The number of carboxylic acids is 1. The van der Waals surface area contributed by atoms with Crippen LogP contribution in [0.1, 0.15) is 18.1 Å². The molecule has 0 fully saturated rings. The highest BCUT2D eigenvalue weighted by Crippen LogP contribution is 2.08. The Morgan fingerprint density at radius 3 is 1.88 bits per heavy atom. The number of rotatable bonds is 5. The molecule has 5 N–H and O–H groups in total. The van der Waals surface area contributed by atoms with E-state index in [0.717, 1.165) is 11.1 Å². The Morgan fingerprint density at radius 2 is 1.46 bits per heavy atom. The summed E-state index contributed by atoms with van der Waals surface area (Å²) in [6, 6.07) is 14.1. The Kier molecular flexibility index (Phi) is 7.84. The largest absolute Gasteiger partial charge is 0.481 e. The maximum absolute atomic E-state index is 11.1. The van der Waals surface area contributed by atoms with Gasteiger partial charge in [-0.15, -0.1) is 0 Å². The van der Waals surface area contributed by atoms with E-state index in [-0.39, 0.29) is 12.4 Å². The predicted molar refractivity (Wildman–Crippen MR) is 93.4 cm³/mol. The molecule has 0 aliphatic rings. The Labute approximate surface area is 141 Å². The van der Waals surface area contributed by atoms with E-state index >= 15 is 0 Å². The minimum atomic E-state index is -0.837. The molecule has 2 aromatic rings. The van der Waals surface area contributed by atoms with Crippen LogP contribution in [0.4, 0.5) is 11.4 Å². The first kappa shape index (κ1) is 19.0. The van der Waals surface area contributed by atoms with Gasteiger partial charge in [-0.2, -0.15) is 0 Å². The Bertz CT molecular complexity index is 686. The maximum atomic E-state index is 11.1. The van der Waals surface area contributed by atoms with Crippen LogP contribution in [0, 0.1) is 0 Å². The van der Waals surface area contributed by atoms with Crippen LogP contribution < -0.4 is 11.5 Å². The second-order valence-electron chi connectivity index (χ2n) is 5.04. The normalized spacial score (nSPS) is 9.54. The highest BCUT2D eigenvalue weighted by Gasteiger charge is 2.03. The number of anilines is 2. The molecule has 0 amide bonds. The zero-order valence-corrected chi connectivity index (χ0v) is 13.6. The molecule has 6 heteroatoms. The van der Waals surface area contributed by atoms with Gasteiger partial charge >= 0.3 is 11.9 Å². The molecular weight excluding hydrogens is 308 g/mol. The zero-order valence-electron chi connectivity index (χ0n) is 13.6. The second kappa shape index (κ2) is 9.89. The molecule has 0 aliphatic heterocycles. The van der Waals surface area contributed by atoms with Crippen molar-refractivity contribution >= 4 is 23.3 Å². The van der Waals surface area contributed by atoms with Crippen molar-refractivity contribution in [3.63, 3.8) is 0 Å². The number of carbonyl (C=O) groups excluding carboxylic acids is 1. The summed E-state index contributed by atoms with van der Waals surface area (Å²) in [4.78, 5) is 21.3. The summed E-state index contributed by atoms with van der Waals surface area (Å²) in [5, 5.41) is 8.42. The fourth-order valence-electron chi connectivity index (χ4n) is 1.96. The van der Waals surface area contributed by atoms with Crippen molar-refractivity contribution in [2.45, 2.75) is 19.8 Å². The van der Waals surface area contributed by atoms with Crippen molar-refractivity contribution in [3.8, 4) is 0 Å². The number of esters is 1. The van der Waals surface area contributed by atoms with E-state index in [1.165, 1.54) is 0 Å². The molecule has 0 radical (unpaired) electrons. The third kappa shape index (κ3) is 7.84. The minimum Gasteiger partial charge on any atom is -0.481 e. The van der Waals surface area contributed by atoms with Crippen LogP contribution in [-0.4, -0.2) is 23.7 Å². The number of nitrogens with two attached hydrogens (primary N) is 2. The Balaban J connectivity index is 0.000000243. The standard InChI is InChI=1S/C10H13NO2.C8H9NO2/c1-2-13-10(12)7-8-4-3-5-9(11)6-8;9-7-3-1-2-6(4-7)5-8(10)11/h3-6H,2,7,11H2,1H3;1-4H,5,9H2,(H,10,11). The first-order valence-electron chi connectivity index (χ1n) is 7.47. The average molecular weight is 330 g/mol. The molecule has 0 atom stereocenters. The van der Waals surface area contributed by atoms with Crippen molar-refractivity contribution in [3.05, 3.63) is 59.7 Å².